The summed E-state index contributed by atoms with van der Waals surface area (Å²) in [4.78, 5) is 12.4. The first-order valence-corrected chi connectivity index (χ1v) is 11.8. The van der Waals surface area contributed by atoms with Crippen molar-refractivity contribution in [3.8, 4) is 5.75 Å². The lowest BCUT2D eigenvalue weighted by Gasteiger charge is -2.21. The van der Waals surface area contributed by atoms with E-state index in [2.05, 4.69) is 15.4 Å². The summed E-state index contributed by atoms with van der Waals surface area (Å²) >= 11 is 0. The normalized spacial score (nSPS) is 11.8. The molecule has 0 heterocycles. The van der Waals surface area contributed by atoms with Crippen LogP contribution in [0.2, 0.25) is 0 Å². The average Bonchev–Trinajstić information content (AvgIpc) is 2.76. The molecule has 32 heavy (non-hydrogen) atoms. The Morgan fingerprint density at radius 2 is 1.72 bits per heavy atom. The standard InChI is InChI=1S/C21H29N5O5S/c1-5-24(6-2)17-10-9-16(20(27)13-17)15-22-23-19-12-11-18(26(28)29)14-21(19)32(30,31)25(7-3)8-4/h9-15,23,27H,5-8H2,1-4H3. The number of phenolic OH excluding ortho intramolecular Hbond substituents is 1. The lowest BCUT2D eigenvalue weighted by molar-refractivity contribution is -0.385. The molecule has 0 fully saturated rings. The summed E-state index contributed by atoms with van der Waals surface area (Å²) in [5.41, 5.74) is 3.71. The molecule has 0 aliphatic carbocycles. The van der Waals surface area contributed by atoms with Gasteiger partial charge in [0, 0.05) is 55.6 Å². The van der Waals surface area contributed by atoms with Crippen LogP contribution in [0.5, 0.6) is 5.75 Å². The minimum atomic E-state index is -3.97. The quantitative estimate of drug-likeness (QED) is 0.296. The second-order valence-corrected chi connectivity index (χ2v) is 8.72. The second-order valence-electron chi connectivity index (χ2n) is 6.81. The van der Waals surface area contributed by atoms with E-state index in [0.717, 1.165) is 24.8 Å². The third-order valence-corrected chi connectivity index (χ3v) is 7.12. The number of hydrogen-bond donors (Lipinski definition) is 2. The van der Waals surface area contributed by atoms with Crippen LogP contribution < -0.4 is 10.3 Å². The van der Waals surface area contributed by atoms with Crippen molar-refractivity contribution in [1.29, 1.82) is 0 Å². The van der Waals surface area contributed by atoms with E-state index >= 15 is 0 Å². The van der Waals surface area contributed by atoms with Crippen LogP contribution in [0.25, 0.3) is 0 Å². The molecule has 0 atom stereocenters. The largest absolute Gasteiger partial charge is 0.507 e. The Labute approximate surface area is 188 Å². The fourth-order valence-corrected chi connectivity index (χ4v) is 4.85. The molecule has 0 unspecified atom stereocenters. The first-order valence-electron chi connectivity index (χ1n) is 10.3. The highest BCUT2D eigenvalue weighted by Crippen LogP contribution is 2.29. The van der Waals surface area contributed by atoms with Crippen LogP contribution in [0.3, 0.4) is 0 Å². The van der Waals surface area contributed by atoms with Gasteiger partial charge in [-0.2, -0.15) is 9.41 Å². The van der Waals surface area contributed by atoms with E-state index in [4.69, 9.17) is 0 Å². The molecule has 0 saturated carbocycles. The van der Waals surface area contributed by atoms with Crippen molar-refractivity contribution in [1.82, 2.24) is 4.31 Å². The number of nitro benzene ring substituents is 1. The van der Waals surface area contributed by atoms with Crippen molar-refractivity contribution in [3.05, 3.63) is 52.1 Å². The number of sulfonamides is 1. The molecule has 0 aliphatic heterocycles. The molecular weight excluding hydrogens is 434 g/mol. The van der Waals surface area contributed by atoms with Crippen molar-refractivity contribution in [2.24, 2.45) is 5.10 Å². The number of nitrogens with one attached hydrogen (secondary N) is 1. The molecule has 0 saturated heterocycles. The molecule has 2 rings (SSSR count). The van der Waals surface area contributed by atoms with Crippen LogP contribution in [0.15, 0.2) is 46.4 Å². The van der Waals surface area contributed by atoms with Crippen molar-refractivity contribution in [2.75, 3.05) is 36.5 Å². The third kappa shape index (κ3) is 5.54. The number of phenols is 1. The fourth-order valence-electron chi connectivity index (χ4n) is 3.23. The summed E-state index contributed by atoms with van der Waals surface area (Å²) in [5.74, 6) is 0.0274. The number of nitrogens with zero attached hydrogens (tertiary/aromatic N) is 4. The van der Waals surface area contributed by atoms with Gasteiger partial charge in [0.25, 0.3) is 5.69 Å². The van der Waals surface area contributed by atoms with Gasteiger partial charge in [-0.3, -0.25) is 15.5 Å². The van der Waals surface area contributed by atoms with E-state index < -0.39 is 14.9 Å². The molecule has 0 aliphatic rings. The van der Waals surface area contributed by atoms with Crippen molar-refractivity contribution in [3.63, 3.8) is 0 Å². The maximum atomic E-state index is 13.0. The number of nitro groups is 1. The van der Waals surface area contributed by atoms with Crippen LogP contribution in [0.4, 0.5) is 17.1 Å². The lowest BCUT2D eigenvalue weighted by Crippen LogP contribution is -2.31. The zero-order valence-corrected chi connectivity index (χ0v) is 19.5. The molecule has 0 spiro atoms. The van der Waals surface area contributed by atoms with Gasteiger partial charge in [0.05, 0.1) is 16.8 Å². The third-order valence-electron chi connectivity index (χ3n) is 5.03. The SMILES string of the molecule is CCN(CC)c1ccc(C=NNc2ccc([N+](=O)[O-])cc2S(=O)(=O)N(CC)CC)c(O)c1. The van der Waals surface area contributed by atoms with Gasteiger partial charge >= 0.3 is 0 Å². The summed E-state index contributed by atoms with van der Waals surface area (Å²) in [6.45, 7) is 9.46. The number of hydrogen-bond acceptors (Lipinski definition) is 8. The van der Waals surface area contributed by atoms with E-state index in [0.29, 0.717) is 5.56 Å². The predicted octanol–water partition coefficient (Wildman–Crippen LogP) is 3.62. The van der Waals surface area contributed by atoms with E-state index in [1.807, 2.05) is 19.9 Å². The van der Waals surface area contributed by atoms with Crippen molar-refractivity contribution < 1.29 is 18.4 Å². The number of anilines is 2. The van der Waals surface area contributed by atoms with E-state index in [1.165, 1.54) is 22.7 Å². The average molecular weight is 464 g/mol. The van der Waals surface area contributed by atoms with Crippen LogP contribution in [-0.2, 0) is 10.0 Å². The predicted molar refractivity (Wildman–Crippen MR) is 126 cm³/mol. The minimum absolute atomic E-state index is 0.0274. The highest BCUT2D eigenvalue weighted by molar-refractivity contribution is 7.89. The molecule has 174 valence electrons. The van der Waals surface area contributed by atoms with Crippen LogP contribution in [0, 0.1) is 10.1 Å². The number of rotatable bonds is 11. The highest BCUT2D eigenvalue weighted by Gasteiger charge is 2.27. The Kier molecular flexibility index (Phi) is 8.56. The van der Waals surface area contributed by atoms with Gasteiger partial charge < -0.3 is 10.0 Å². The first kappa shape index (κ1) is 25.1. The molecule has 10 nitrogen and oxygen atoms in total. The molecule has 11 heteroatoms. The van der Waals surface area contributed by atoms with E-state index in [9.17, 15) is 23.6 Å². The van der Waals surface area contributed by atoms with Crippen molar-refractivity contribution >= 4 is 33.3 Å². The van der Waals surface area contributed by atoms with Crippen LogP contribution in [0.1, 0.15) is 33.3 Å². The van der Waals surface area contributed by atoms with E-state index in [1.54, 1.807) is 26.0 Å². The number of benzene rings is 2. The maximum Gasteiger partial charge on any atom is 0.270 e. The highest BCUT2D eigenvalue weighted by atomic mass is 32.2. The van der Waals surface area contributed by atoms with Crippen LogP contribution in [-0.4, -0.2) is 55.1 Å². The summed E-state index contributed by atoms with van der Waals surface area (Å²) in [5, 5.41) is 25.5. The fraction of sp³-hybridized carbons (Fsp3) is 0.381. The van der Waals surface area contributed by atoms with Gasteiger partial charge in [-0.25, -0.2) is 8.42 Å². The summed E-state index contributed by atoms with van der Waals surface area (Å²) in [6, 6.07) is 8.72. The summed E-state index contributed by atoms with van der Waals surface area (Å²) in [7, 11) is -3.97. The molecule has 2 aromatic rings. The Bertz CT molecular complexity index is 1080. The number of aromatic hydroxyl groups is 1. The topological polar surface area (TPSA) is 128 Å². The zero-order chi connectivity index (χ0) is 23.9. The Morgan fingerprint density at radius 3 is 2.25 bits per heavy atom. The minimum Gasteiger partial charge on any atom is -0.507 e. The molecule has 2 aromatic carbocycles. The smallest absolute Gasteiger partial charge is 0.270 e. The van der Waals surface area contributed by atoms with Gasteiger partial charge in [0.2, 0.25) is 10.0 Å². The van der Waals surface area contributed by atoms with Gasteiger partial charge in [-0.1, -0.05) is 13.8 Å². The molecule has 0 aromatic heterocycles. The summed E-state index contributed by atoms with van der Waals surface area (Å²) < 4.78 is 27.2. The molecule has 0 radical (unpaired) electrons. The van der Waals surface area contributed by atoms with Gasteiger partial charge in [-0.15, -0.1) is 0 Å². The van der Waals surface area contributed by atoms with E-state index in [-0.39, 0.29) is 35.1 Å². The Balaban J connectivity index is 2.37. The van der Waals surface area contributed by atoms with Gasteiger partial charge in [0.1, 0.15) is 10.6 Å². The van der Waals surface area contributed by atoms with Crippen LogP contribution >= 0.6 is 0 Å². The molecular formula is C21H29N5O5S. The number of non-ortho nitro benzene ring substituents is 1. The zero-order valence-electron chi connectivity index (χ0n) is 18.6. The monoisotopic (exact) mass is 463 g/mol. The van der Waals surface area contributed by atoms with Gasteiger partial charge in [-0.05, 0) is 32.0 Å². The second kappa shape index (κ2) is 10.9. The molecule has 2 N–H and O–H groups in total. The first-order chi connectivity index (χ1) is 15.2. The van der Waals surface area contributed by atoms with Crippen molar-refractivity contribution in [2.45, 2.75) is 32.6 Å². The summed E-state index contributed by atoms with van der Waals surface area (Å²) in [6.07, 6.45) is 1.36. The lowest BCUT2D eigenvalue weighted by atomic mass is 10.2. The Hall–Kier alpha value is -3.18. The Morgan fingerprint density at radius 1 is 1.06 bits per heavy atom. The molecule has 0 amide bonds. The van der Waals surface area contributed by atoms with Gasteiger partial charge in [0.15, 0.2) is 0 Å². The maximum absolute atomic E-state index is 13.0. The molecule has 0 bridgehead atoms. The number of hydrazone groups is 1.